The van der Waals surface area contributed by atoms with Gasteiger partial charge >= 0.3 is 5.97 Å². The van der Waals surface area contributed by atoms with Gasteiger partial charge in [0.15, 0.2) is 17.7 Å². The van der Waals surface area contributed by atoms with Crippen molar-refractivity contribution in [2.75, 3.05) is 5.32 Å². The largest absolute Gasteiger partial charge is 0.449 e. The van der Waals surface area contributed by atoms with Gasteiger partial charge in [0, 0.05) is 11.8 Å². The number of hydrogen-bond donors (Lipinski definition) is 1. The lowest BCUT2D eigenvalue weighted by molar-refractivity contribution is -0.123. The number of anilines is 1. The Bertz CT molecular complexity index is 961. The van der Waals surface area contributed by atoms with E-state index in [1.54, 1.807) is 12.1 Å². The molecule has 1 N–H and O–H groups in total. The molecule has 1 aromatic heterocycles. The smallest absolute Gasteiger partial charge is 0.338 e. The normalized spacial score (nSPS) is 11.7. The molecule has 8 nitrogen and oxygen atoms in total. The summed E-state index contributed by atoms with van der Waals surface area (Å²) in [6.45, 7) is 1.36. The standard InChI is InChI=1S/C17H13F2N5O3/c1-10(16(25)21-12-4-7-14(18)15(19)8-12)27-17(26)11-2-5-13(6-3-11)24-9-20-22-23-24/h2-10H,1H3,(H,21,25)/t10-/m1/s1. The zero-order valence-electron chi connectivity index (χ0n) is 14.0. The fraction of sp³-hybridized carbons (Fsp3) is 0.118. The van der Waals surface area contributed by atoms with Crippen molar-refractivity contribution in [2.24, 2.45) is 0 Å². The molecule has 2 aromatic carbocycles. The average Bonchev–Trinajstić information content (AvgIpc) is 3.19. The molecule has 3 aromatic rings. The second-order valence-electron chi connectivity index (χ2n) is 5.47. The van der Waals surface area contributed by atoms with Gasteiger partial charge in [0.1, 0.15) is 6.33 Å². The van der Waals surface area contributed by atoms with Gasteiger partial charge in [-0.25, -0.2) is 18.3 Å². The molecule has 1 atom stereocenters. The van der Waals surface area contributed by atoms with Crippen LogP contribution in [0, 0.1) is 11.6 Å². The zero-order valence-corrected chi connectivity index (χ0v) is 14.0. The number of tetrazole rings is 1. The minimum atomic E-state index is -1.15. The number of esters is 1. The first kappa shape index (κ1) is 18.1. The van der Waals surface area contributed by atoms with E-state index in [1.165, 1.54) is 36.1 Å². The van der Waals surface area contributed by atoms with E-state index in [0.717, 1.165) is 12.1 Å². The molecule has 0 aliphatic carbocycles. The highest BCUT2D eigenvalue weighted by Gasteiger charge is 2.19. The van der Waals surface area contributed by atoms with Crippen molar-refractivity contribution in [3.63, 3.8) is 0 Å². The number of carbonyl (C=O) groups is 2. The van der Waals surface area contributed by atoms with Gasteiger partial charge in [-0.1, -0.05) is 0 Å². The van der Waals surface area contributed by atoms with Gasteiger partial charge in [-0.3, -0.25) is 4.79 Å². The Morgan fingerprint density at radius 2 is 1.85 bits per heavy atom. The number of carbonyl (C=O) groups excluding carboxylic acids is 2. The highest BCUT2D eigenvalue weighted by molar-refractivity contribution is 5.97. The first-order chi connectivity index (χ1) is 12.9. The molecule has 0 bridgehead atoms. The lowest BCUT2D eigenvalue weighted by atomic mass is 10.2. The van der Waals surface area contributed by atoms with Gasteiger partial charge < -0.3 is 10.1 Å². The summed E-state index contributed by atoms with van der Waals surface area (Å²) in [4.78, 5) is 24.2. The highest BCUT2D eigenvalue weighted by Crippen LogP contribution is 2.14. The van der Waals surface area contributed by atoms with E-state index in [1.807, 2.05) is 0 Å². The fourth-order valence-electron chi connectivity index (χ4n) is 2.13. The van der Waals surface area contributed by atoms with Crippen LogP contribution < -0.4 is 5.32 Å². The van der Waals surface area contributed by atoms with Gasteiger partial charge in [-0.05, 0) is 53.7 Å². The molecule has 0 spiro atoms. The average molecular weight is 373 g/mol. The molecule has 0 aliphatic rings. The maximum atomic E-state index is 13.2. The van der Waals surface area contributed by atoms with E-state index in [0.29, 0.717) is 5.69 Å². The van der Waals surface area contributed by atoms with E-state index in [9.17, 15) is 18.4 Å². The van der Waals surface area contributed by atoms with E-state index < -0.39 is 29.6 Å². The van der Waals surface area contributed by atoms with E-state index in [2.05, 4.69) is 20.8 Å². The summed E-state index contributed by atoms with van der Waals surface area (Å²) in [5, 5.41) is 13.1. The summed E-state index contributed by atoms with van der Waals surface area (Å²) in [6.07, 6.45) is 0.252. The molecule has 0 fully saturated rings. The number of hydrogen-bond acceptors (Lipinski definition) is 6. The lowest BCUT2D eigenvalue weighted by Crippen LogP contribution is -2.30. The van der Waals surface area contributed by atoms with E-state index in [-0.39, 0.29) is 11.3 Å². The maximum Gasteiger partial charge on any atom is 0.338 e. The van der Waals surface area contributed by atoms with Gasteiger partial charge in [0.2, 0.25) is 0 Å². The number of halogens is 2. The van der Waals surface area contributed by atoms with Crippen LogP contribution in [0.3, 0.4) is 0 Å². The number of ether oxygens (including phenoxy) is 1. The number of nitrogens with one attached hydrogen (secondary N) is 1. The van der Waals surface area contributed by atoms with Gasteiger partial charge in [0.25, 0.3) is 5.91 Å². The highest BCUT2D eigenvalue weighted by atomic mass is 19.2. The Hall–Kier alpha value is -3.69. The lowest BCUT2D eigenvalue weighted by Gasteiger charge is -2.14. The molecule has 1 amide bonds. The zero-order chi connectivity index (χ0) is 19.4. The minimum absolute atomic E-state index is 0.0487. The molecule has 10 heteroatoms. The first-order valence-corrected chi connectivity index (χ1v) is 7.74. The first-order valence-electron chi connectivity index (χ1n) is 7.74. The Kier molecular flexibility index (Phi) is 5.15. The van der Waals surface area contributed by atoms with Crippen LogP contribution in [0.2, 0.25) is 0 Å². The third kappa shape index (κ3) is 4.29. The Morgan fingerprint density at radius 1 is 1.11 bits per heavy atom. The van der Waals surface area contributed by atoms with Crippen LogP contribution in [0.5, 0.6) is 0 Å². The van der Waals surface area contributed by atoms with Crippen LogP contribution in [0.15, 0.2) is 48.8 Å². The number of rotatable bonds is 5. The summed E-state index contributed by atoms with van der Waals surface area (Å²) in [5.74, 6) is -3.52. The summed E-state index contributed by atoms with van der Waals surface area (Å²) < 4.78 is 32.6. The SMILES string of the molecule is C[C@@H](OC(=O)c1ccc(-n2cnnn2)cc1)C(=O)Nc1ccc(F)c(F)c1. The number of nitrogens with zero attached hydrogens (tertiary/aromatic N) is 4. The summed E-state index contributed by atoms with van der Waals surface area (Å²) in [5.41, 5.74) is 0.910. The summed E-state index contributed by atoms with van der Waals surface area (Å²) in [7, 11) is 0. The second-order valence-corrected chi connectivity index (χ2v) is 5.47. The van der Waals surface area contributed by atoms with E-state index >= 15 is 0 Å². The summed E-state index contributed by atoms with van der Waals surface area (Å²) >= 11 is 0. The predicted octanol–water partition coefficient (Wildman–Crippen LogP) is 2.12. The molecule has 138 valence electrons. The van der Waals surface area contributed by atoms with Gasteiger partial charge in [-0.15, -0.1) is 5.10 Å². The van der Waals surface area contributed by atoms with Crippen molar-refractivity contribution in [3.05, 3.63) is 66.0 Å². The molecule has 0 saturated carbocycles. The Balaban J connectivity index is 1.61. The monoisotopic (exact) mass is 373 g/mol. The number of benzene rings is 2. The van der Waals surface area contributed by atoms with Gasteiger partial charge in [0.05, 0.1) is 11.3 Å². The molecule has 1 heterocycles. The van der Waals surface area contributed by atoms with Crippen molar-refractivity contribution in [2.45, 2.75) is 13.0 Å². The molecule has 3 rings (SSSR count). The number of aromatic nitrogens is 4. The molecular weight excluding hydrogens is 360 g/mol. The van der Waals surface area contributed by atoms with Gasteiger partial charge in [-0.2, -0.15) is 0 Å². The minimum Gasteiger partial charge on any atom is -0.449 e. The van der Waals surface area contributed by atoms with Crippen molar-refractivity contribution in [1.29, 1.82) is 0 Å². The predicted molar refractivity (Wildman–Crippen MR) is 89.0 cm³/mol. The molecule has 0 unspecified atom stereocenters. The second kappa shape index (κ2) is 7.68. The molecule has 27 heavy (non-hydrogen) atoms. The molecule has 0 saturated heterocycles. The third-order valence-corrected chi connectivity index (χ3v) is 3.56. The molecule has 0 radical (unpaired) electrons. The van der Waals surface area contributed by atoms with E-state index in [4.69, 9.17) is 4.74 Å². The summed E-state index contributed by atoms with van der Waals surface area (Å²) in [6, 6.07) is 9.13. The van der Waals surface area contributed by atoms with Crippen LogP contribution in [0.25, 0.3) is 5.69 Å². The Labute approximate surface area is 151 Å². The van der Waals surface area contributed by atoms with Crippen molar-refractivity contribution >= 4 is 17.6 Å². The Morgan fingerprint density at radius 3 is 2.48 bits per heavy atom. The van der Waals surface area contributed by atoms with Crippen LogP contribution >= 0.6 is 0 Å². The van der Waals surface area contributed by atoms with Crippen molar-refractivity contribution in [3.8, 4) is 5.69 Å². The van der Waals surface area contributed by atoms with Crippen LogP contribution in [-0.2, 0) is 9.53 Å². The quantitative estimate of drug-likeness (QED) is 0.688. The van der Waals surface area contributed by atoms with Crippen molar-refractivity contribution in [1.82, 2.24) is 20.2 Å². The van der Waals surface area contributed by atoms with Crippen molar-refractivity contribution < 1.29 is 23.1 Å². The van der Waals surface area contributed by atoms with Crippen LogP contribution in [0.4, 0.5) is 14.5 Å². The maximum absolute atomic E-state index is 13.2. The fourth-order valence-corrected chi connectivity index (χ4v) is 2.13. The van der Waals surface area contributed by atoms with Crippen LogP contribution in [-0.4, -0.2) is 38.2 Å². The third-order valence-electron chi connectivity index (χ3n) is 3.56. The number of amides is 1. The molecular formula is C17H13F2N5O3. The molecule has 0 aliphatic heterocycles. The van der Waals surface area contributed by atoms with Crippen LogP contribution in [0.1, 0.15) is 17.3 Å². The topological polar surface area (TPSA) is 99.0 Å².